The monoisotopic (exact) mass is 425 g/mol. The fourth-order valence-electron chi connectivity index (χ4n) is 2.60. The number of anilines is 1. The van der Waals surface area contributed by atoms with Crippen LogP contribution in [0.4, 0.5) is 10.1 Å². The molecular weight excluding hydrogens is 405 g/mol. The fourth-order valence-corrected chi connectivity index (χ4v) is 2.60. The molecule has 3 aromatic carbocycles. The molecule has 0 aliphatic heterocycles. The van der Waals surface area contributed by atoms with Crippen LogP contribution in [0, 0.1) is 5.82 Å². The van der Waals surface area contributed by atoms with Crippen LogP contribution in [0.15, 0.2) is 66.7 Å². The van der Waals surface area contributed by atoms with Gasteiger partial charge in [-0.05, 0) is 66.7 Å². The first-order chi connectivity index (χ1) is 15.0. The third kappa shape index (κ3) is 5.96. The molecule has 31 heavy (non-hydrogen) atoms. The lowest BCUT2D eigenvalue weighted by Gasteiger charge is -2.12. The van der Waals surface area contributed by atoms with Crippen molar-refractivity contribution in [2.45, 2.75) is 0 Å². The average molecular weight is 425 g/mol. The molecule has 1 N–H and O–H groups in total. The number of carbonyl (C=O) groups is 2. The van der Waals surface area contributed by atoms with E-state index in [-0.39, 0.29) is 23.7 Å². The van der Waals surface area contributed by atoms with Gasteiger partial charge in [0.25, 0.3) is 5.91 Å². The van der Waals surface area contributed by atoms with Gasteiger partial charge in [-0.3, -0.25) is 4.79 Å². The lowest BCUT2D eigenvalue weighted by Crippen LogP contribution is -2.20. The number of nitrogens with one attached hydrogen (secondary N) is 1. The van der Waals surface area contributed by atoms with Crippen molar-refractivity contribution in [3.05, 3.63) is 78.1 Å². The highest BCUT2D eigenvalue weighted by Gasteiger charge is 2.14. The molecule has 160 valence electrons. The summed E-state index contributed by atoms with van der Waals surface area (Å²) in [6.45, 7) is -0.302. The molecule has 0 aliphatic carbocycles. The Balaban J connectivity index is 1.61. The number of halogens is 1. The van der Waals surface area contributed by atoms with Crippen molar-refractivity contribution in [1.82, 2.24) is 0 Å². The highest BCUT2D eigenvalue weighted by molar-refractivity contribution is 5.93. The zero-order valence-electron chi connectivity index (χ0n) is 16.9. The predicted molar refractivity (Wildman–Crippen MR) is 111 cm³/mol. The van der Waals surface area contributed by atoms with Crippen molar-refractivity contribution >= 4 is 17.6 Å². The molecule has 8 heteroatoms. The van der Waals surface area contributed by atoms with E-state index in [0.29, 0.717) is 17.2 Å². The summed E-state index contributed by atoms with van der Waals surface area (Å²) in [7, 11) is 2.96. The van der Waals surface area contributed by atoms with Gasteiger partial charge in [-0.15, -0.1) is 0 Å². The molecule has 0 fully saturated rings. The van der Waals surface area contributed by atoms with E-state index in [1.807, 2.05) is 0 Å². The highest BCUT2D eigenvalue weighted by Crippen LogP contribution is 2.29. The van der Waals surface area contributed by atoms with E-state index in [2.05, 4.69) is 5.32 Å². The number of carbonyl (C=O) groups excluding carboxylic acids is 2. The van der Waals surface area contributed by atoms with Crippen molar-refractivity contribution in [2.75, 3.05) is 26.1 Å². The predicted octanol–water partition coefficient (Wildman–Crippen LogP) is 4.08. The van der Waals surface area contributed by atoms with E-state index >= 15 is 0 Å². The Hall–Kier alpha value is -4.07. The van der Waals surface area contributed by atoms with Crippen molar-refractivity contribution in [3.8, 4) is 23.0 Å². The summed E-state index contributed by atoms with van der Waals surface area (Å²) in [6.07, 6.45) is 0. The minimum Gasteiger partial charge on any atom is -0.497 e. The van der Waals surface area contributed by atoms with E-state index in [9.17, 15) is 14.0 Å². The van der Waals surface area contributed by atoms with Crippen molar-refractivity contribution < 1.29 is 32.9 Å². The molecule has 0 aromatic heterocycles. The number of amides is 1. The van der Waals surface area contributed by atoms with E-state index in [1.165, 1.54) is 49.6 Å². The van der Waals surface area contributed by atoms with Crippen LogP contribution in [-0.4, -0.2) is 32.7 Å². The molecule has 7 nitrogen and oxygen atoms in total. The van der Waals surface area contributed by atoms with Crippen LogP contribution in [0.3, 0.4) is 0 Å². The Bertz CT molecular complexity index is 1050. The van der Waals surface area contributed by atoms with Crippen molar-refractivity contribution in [3.63, 3.8) is 0 Å². The number of ether oxygens (including phenoxy) is 4. The summed E-state index contributed by atoms with van der Waals surface area (Å²) in [4.78, 5) is 24.4. The summed E-state index contributed by atoms with van der Waals surface area (Å²) >= 11 is 0. The quantitative estimate of drug-likeness (QED) is 0.433. The van der Waals surface area contributed by atoms with Gasteiger partial charge in [0.15, 0.2) is 18.1 Å². The first-order valence-corrected chi connectivity index (χ1v) is 9.21. The van der Waals surface area contributed by atoms with Crippen LogP contribution in [-0.2, 0) is 4.79 Å². The smallest absolute Gasteiger partial charge is 0.343 e. The summed E-state index contributed by atoms with van der Waals surface area (Å²) < 4.78 is 34.1. The topological polar surface area (TPSA) is 83.1 Å². The highest BCUT2D eigenvalue weighted by atomic mass is 19.1. The minimum absolute atomic E-state index is 0.246. The van der Waals surface area contributed by atoms with E-state index in [1.54, 1.807) is 31.4 Å². The average Bonchev–Trinajstić information content (AvgIpc) is 2.79. The van der Waals surface area contributed by atoms with E-state index < -0.39 is 17.7 Å². The Labute approximate surface area is 178 Å². The van der Waals surface area contributed by atoms with Gasteiger partial charge < -0.3 is 24.3 Å². The molecule has 0 spiro atoms. The fraction of sp³-hybridized carbons (Fsp3) is 0.130. The summed E-state index contributed by atoms with van der Waals surface area (Å²) in [5, 5.41) is 2.59. The second-order valence-corrected chi connectivity index (χ2v) is 6.27. The Kier molecular flexibility index (Phi) is 7.05. The maximum atomic E-state index is 12.9. The van der Waals surface area contributed by atoms with Gasteiger partial charge in [-0.2, -0.15) is 0 Å². The molecule has 0 heterocycles. The molecule has 0 unspecified atom stereocenters. The normalized spacial score (nSPS) is 10.2. The van der Waals surface area contributed by atoms with Crippen LogP contribution in [0.5, 0.6) is 23.0 Å². The van der Waals surface area contributed by atoms with E-state index in [4.69, 9.17) is 18.9 Å². The zero-order valence-corrected chi connectivity index (χ0v) is 16.9. The van der Waals surface area contributed by atoms with Gasteiger partial charge in [-0.1, -0.05) is 0 Å². The lowest BCUT2D eigenvalue weighted by atomic mass is 10.2. The van der Waals surface area contributed by atoms with Crippen LogP contribution < -0.4 is 24.3 Å². The number of esters is 1. The third-order valence-corrected chi connectivity index (χ3v) is 4.16. The summed E-state index contributed by atoms with van der Waals surface area (Å²) in [5.41, 5.74) is 0.689. The third-order valence-electron chi connectivity index (χ3n) is 4.16. The molecule has 0 atom stereocenters. The maximum absolute atomic E-state index is 12.9. The van der Waals surface area contributed by atoms with E-state index in [0.717, 1.165) is 0 Å². The molecule has 3 aromatic rings. The van der Waals surface area contributed by atoms with Crippen LogP contribution in [0.1, 0.15) is 10.4 Å². The number of hydrogen-bond acceptors (Lipinski definition) is 6. The molecule has 0 aliphatic rings. The van der Waals surface area contributed by atoms with Crippen molar-refractivity contribution in [1.29, 1.82) is 0 Å². The maximum Gasteiger partial charge on any atom is 0.343 e. The SMILES string of the molecule is COc1ccc(OC(=O)c2ccc(OCC(=O)Nc3ccc(F)cc3)c(OC)c2)cc1. The summed E-state index contributed by atoms with van der Waals surface area (Å²) in [5.74, 6) is 0.135. The molecule has 0 radical (unpaired) electrons. The van der Waals surface area contributed by atoms with Crippen LogP contribution >= 0.6 is 0 Å². The zero-order chi connectivity index (χ0) is 22.2. The Morgan fingerprint density at radius 1 is 0.839 bits per heavy atom. The van der Waals surface area contributed by atoms with Gasteiger partial charge in [0, 0.05) is 5.69 Å². The van der Waals surface area contributed by atoms with Gasteiger partial charge in [0.1, 0.15) is 17.3 Å². The molecular formula is C23H20FNO6. The Morgan fingerprint density at radius 3 is 2.16 bits per heavy atom. The summed E-state index contributed by atoms with van der Waals surface area (Å²) in [6, 6.07) is 16.4. The standard InChI is InChI=1S/C23H20FNO6/c1-28-18-8-10-19(11-9-18)31-23(27)15-3-12-20(21(13-15)29-2)30-14-22(26)25-17-6-4-16(24)5-7-17/h3-13H,14H2,1-2H3,(H,25,26). The largest absolute Gasteiger partial charge is 0.497 e. The van der Waals surface area contributed by atoms with Gasteiger partial charge in [-0.25, -0.2) is 9.18 Å². The number of benzene rings is 3. The lowest BCUT2D eigenvalue weighted by molar-refractivity contribution is -0.118. The van der Waals surface area contributed by atoms with Gasteiger partial charge >= 0.3 is 5.97 Å². The first kappa shape index (κ1) is 21.6. The van der Waals surface area contributed by atoms with Gasteiger partial charge in [0.2, 0.25) is 0 Å². The molecule has 0 saturated heterocycles. The number of rotatable bonds is 8. The number of hydrogen-bond donors (Lipinski definition) is 1. The molecule has 3 rings (SSSR count). The molecule has 1 amide bonds. The first-order valence-electron chi connectivity index (χ1n) is 9.21. The molecule has 0 bridgehead atoms. The second kappa shape index (κ2) is 10.1. The van der Waals surface area contributed by atoms with Gasteiger partial charge in [0.05, 0.1) is 19.8 Å². The van der Waals surface area contributed by atoms with Crippen LogP contribution in [0.2, 0.25) is 0 Å². The van der Waals surface area contributed by atoms with Crippen molar-refractivity contribution in [2.24, 2.45) is 0 Å². The van der Waals surface area contributed by atoms with Crippen LogP contribution in [0.25, 0.3) is 0 Å². The minimum atomic E-state index is -0.580. The molecule has 0 saturated carbocycles. The second-order valence-electron chi connectivity index (χ2n) is 6.27. The number of methoxy groups -OCH3 is 2. The Morgan fingerprint density at radius 2 is 1.52 bits per heavy atom.